The molecule has 2 amide bonds. The number of ether oxygens (including phenoxy) is 2. The number of hydrogen-bond donors (Lipinski definition) is 2. The summed E-state index contributed by atoms with van der Waals surface area (Å²) >= 11 is 21.6. The van der Waals surface area contributed by atoms with Crippen molar-refractivity contribution in [3.8, 4) is 5.75 Å². The average Bonchev–Trinajstić information content (AvgIpc) is 3.36. The van der Waals surface area contributed by atoms with Crippen LogP contribution in [0, 0.1) is 0 Å². The maximum atomic E-state index is 13.3. The van der Waals surface area contributed by atoms with Crippen LogP contribution in [0.5, 0.6) is 5.75 Å². The first-order valence-corrected chi connectivity index (χ1v) is 16.6. The molecule has 9 nitrogen and oxygen atoms in total. The van der Waals surface area contributed by atoms with Crippen molar-refractivity contribution in [2.24, 2.45) is 0 Å². The number of carbonyl (C=O) groups excluding carboxylic acids is 3. The van der Waals surface area contributed by atoms with E-state index in [0.717, 1.165) is 15.1 Å². The van der Waals surface area contributed by atoms with Crippen molar-refractivity contribution < 1.29 is 29.0 Å². The molecule has 4 rings (SSSR count). The standard InChI is InChI=1S/C24H19BrCl3N3O6S3/c25-10-15(32)19(22(35)37-12-24(26,27)28)31-20(34)18(30-17(33)11-36-13-6-2-1-3-7-13)21(31)39-40-23-29-14-8-4-5-9-16(14)38-23/h1-9,18,21,32H,10-12H2,(H,30,33). The summed E-state index contributed by atoms with van der Waals surface area (Å²) in [4.78, 5) is 44.5. The predicted octanol–water partition coefficient (Wildman–Crippen LogP) is 5.85. The minimum atomic E-state index is -1.91. The van der Waals surface area contributed by atoms with Crippen molar-refractivity contribution in [3.05, 3.63) is 66.1 Å². The Balaban J connectivity index is 1.54. The lowest BCUT2D eigenvalue weighted by Crippen LogP contribution is -2.69. The molecule has 2 atom stereocenters. The number of amides is 2. The number of allylic oxidation sites excluding steroid dienone is 1. The van der Waals surface area contributed by atoms with Gasteiger partial charge in [0.2, 0.25) is 3.79 Å². The molecule has 40 heavy (non-hydrogen) atoms. The molecule has 1 saturated heterocycles. The lowest BCUT2D eigenvalue weighted by atomic mass is 10.1. The number of nitrogens with one attached hydrogen (secondary N) is 1. The molecule has 3 aromatic rings. The summed E-state index contributed by atoms with van der Waals surface area (Å²) in [5.41, 5.74) is 0.373. The van der Waals surface area contributed by atoms with Gasteiger partial charge in [-0.3, -0.25) is 14.5 Å². The predicted molar refractivity (Wildman–Crippen MR) is 162 cm³/mol. The molecule has 0 spiro atoms. The number of rotatable bonds is 11. The summed E-state index contributed by atoms with van der Waals surface area (Å²) in [5.74, 6) is -2.27. The number of nitrogens with zero attached hydrogens (tertiary/aromatic N) is 2. The van der Waals surface area contributed by atoms with Crippen molar-refractivity contribution >= 4 is 112 Å². The van der Waals surface area contributed by atoms with E-state index in [4.69, 9.17) is 44.3 Å². The van der Waals surface area contributed by atoms with Crippen LogP contribution >= 0.6 is 83.7 Å². The van der Waals surface area contributed by atoms with E-state index >= 15 is 0 Å². The largest absolute Gasteiger partial charge is 0.509 e. The van der Waals surface area contributed by atoms with Gasteiger partial charge in [-0.05, 0) is 35.1 Å². The van der Waals surface area contributed by atoms with Gasteiger partial charge in [-0.1, -0.05) is 91.9 Å². The Morgan fingerprint density at radius 3 is 2.52 bits per heavy atom. The normalized spacial score (nSPS) is 17.7. The highest BCUT2D eigenvalue weighted by molar-refractivity contribution is 9.09. The van der Waals surface area contributed by atoms with Crippen LogP contribution in [0.3, 0.4) is 0 Å². The van der Waals surface area contributed by atoms with Gasteiger partial charge in [-0.25, -0.2) is 9.78 Å². The van der Waals surface area contributed by atoms with Gasteiger partial charge in [0.25, 0.3) is 11.8 Å². The summed E-state index contributed by atoms with van der Waals surface area (Å²) in [7, 11) is 2.43. The second-order valence-electron chi connectivity index (χ2n) is 7.99. The molecule has 0 saturated carbocycles. The number of alkyl halides is 4. The second-order valence-corrected chi connectivity index (χ2v) is 14.7. The zero-order chi connectivity index (χ0) is 28.9. The van der Waals surface area contributed by atoms with Crippen molar-refractivity contribution in [1.82, 2.24) is 15.2 Å². The first-order chi connectivity index (χ1) is 19.1. The van der Waals surface area contributed by atoms with Gasteiger partial charge in [-0.2, -0.15) is 0 Å². The van der Waals surface area contributed by atoms with Crippen LogP contribution in [-0.2, 0) is 19.1 Å². The fourth-order valence-corrected chi connectivity index (χ4v) is 7.77. The van der Waals surface area contributed by atoms with Crippen LogP contribution in [0.4, 0.5) is 0 Å². The first-order valence-electron chi connectivity index (χ1n) is 11.3. The fourth-order valence-electron chi connectivity index (χ4n) is 3.43. The van der Waals surface area contributed by atoms with Crippen LogP contribution in [0.25, 0.3) is 10.2 Å². The number of aliphatic hydroxyl groups is 1. The molecule has 212 valence electrons. The number of fused-ring (bicyclic) bond motifs is 1. The Hall–Kier alpha value is -1.87. The summed E-state index contributed by atoms with van der Waals surface area (Å²) in [6.45, 7) is -0.955. The smallest absolute Gasteiger partial charge is 0.358 e. The molecule has 1 fully saturated rings. The SMILES string of the molecule is O=C(COc1ccccc1)NC1C(=O)N(C(C(=O)OCC(Cl)(Cl)Cl)=C(O)CBr)C1SSc1nc2ccccc2s1. The molecule has 1 aliphatic rings. The number of benzene rings is 2. The van der Waals surface area contributed by atoms with E-state index in [2.05, 4.69) is 26.2 Å². The molecule has 2 heterocycles. The van der Waals surface area contributed by atoms with E-state index < -0.39 is 51.1 Å². The first kappa shape index (κ1) is 31.1. The summed E-state index contributed by atoms with van der Waals surface area (Å²) < 4.78 is 10.3. The van der Waals surface area contributed by atoms with Crippen LogP contribution in [-0.4, -0.2) is 66.5 Å². The quantitative estimate of drug-likeness (QED) is 0.0627. The van der Waals surface area contributed by atoms with Gasteiger partial charge in [0.1, 0.15) is 29.5 Å². The van der Waals surface area contributed by atoms with Crippen molar-refractivity contribution in [1.29, 1.82) is 0 Å². The maximum Gasteiger partial charge on any atom is 0.358 e. The third kappa shape index (κ3) is 7.90. The van der Waals surface area contributed by atoms with E-state index in [0.29, 0.717) is 10.1 Å². The van der Waals surface area contributed by atoms with Gasteiger partial charge in [0, 0.05) is 0 Å². The molecular weight excluding hydrogens is 709 g/mol. The lowest BCUT2D eigenvalue weighted by molar-refractivity contribution is -0.153. The van der Waals surface area contributed by atoms with Gasteiger partial charge >= 0.3 is 5.97 Å². The highest BCUT2D eigenvalue weighted by Crippen LogP contribution is 2.46. The summed E-state index contributed by atoms with van der Waals surface area (Å²) in [5, 5.41) is 12.2. The third-order valence-corrected chi connectivity index (χ3v) is 10.0. The topological polar surface area (TPSA) is 118 Å². The zero-order valence-corrected chi connectivity index (χ0v) is 26.4. The number of likely N-dealkylation sites (tertiary alicyclic amines) is 1. The number of carbonyl (C=O) groups is 3. The van der Waals surface area contributed by atoms with Gasteiger partial charge < -0.3 is 19.9 Å². The van der Waals surface area contributed by atoms with E-state index in [1.807, 2.05) is 30.3 Å². The number of aromatic nitrogens is 1. The molecule has 2 unspecified atom stereocenters. The lowest BCUT2D eigenvalue weighted by Gasteiger charge is -2.46. The Bertz CT molecular complexity index is 1390. The molecule has 2 N–H and O–H groups in total. The second kappa shape index (κ2) is 13.9. The van der Waals surface area contributed by atoms with Gasteiger partial charge in [-0.15, -0.1) is 11.3 Å². The minimum absolute atomic E-state index is 0.167. The monoisotopic (exact) mass is 725 g/mol. The van der Waals surface area contributed by atoms with Crippen LogP contribution in [0.1, 0.15) is 0 Å². The highest BCUT2D eigenvalue weighted by Gasteiger charge is 2.53. The Kier molecular flexibility index (Phi) is 10.8. The molecule has 16 heteroatoms. The number of esters is 1. The number of hydrogen-bond acceptors (Lipinski definition) is 10. The van der Waals surface area contributed by atoms with Gasteiger partial charge in [0.05, 0.1) is 15.5 Å². The molecule has 0 aliphatic carbocycles. The molecule has 0 radical (unpaired) electrons. The van der Waals surface area contributed by atoms with Crippen LogP contribution < -0.4 is 10.1 Å². The highest BCUT2D eigenvalue weighted by atomic mass is 79.9. The molecule has 2 aromatic carbocycles. The van der Waals surface area contributed by atoms with Crippen LogP contribution in [0.15, 0.2) is 70.4 Å². The summed E-state index contributed by atoms with van der Waals surface area (Å²) in [6, 6.07) is 15.3. The minimum Gasteiger partial charge on any atom is -0.509 e. The third-order valence-electron chi connectivity index (χ3n) is 5.17. The molecule has 1 aliphatic heterocycles. The van der Waals surface area contributed by atoms with Crippen LogP contribution in [0.2, 0.25) is 0 Å². The van der Waals surface area contributed by atoms with E-state index in [9.17, 15) is 19.5 Å². The molecular formula is C24H19BrCl3N3O6S3. The van der Waals surface area contributed by atoms with E-state index in [1.165, 1.54) is 32.9 Å². The number of para-hydroxylation sites is 2. The fraction of sp³-hybridized carbons (Fsp3) is 0.250. The maximum absolute atomic E-state index is 13.3. The average molecular weight is 728 g/mol. The Labute approximate surface area is 264 Å². The van der Waals surface area contributed by atoms with Crippen molar-refractivity contribution in [2.75, 3.05) is 18.5 Å². The summed E-state index contributed by atoms with van der Waals surface area (Å²) in [6.07, 6.45) is 0. The molecule has 0 bridgehead atoms. The van der Waals surface area contributed by atoms with Crippen molar-refractivity contribution in [2.45, 2.75) is 19.5 Å². The number of thiazole rings is 1. The zero-order valence-electron chi connectivity index (χ0n) is 20.1. The van der Waals surface area contributed by atoms with E-state index in [-0.39, 0.29) is 11.9 Å². The molecule has 1 aromatic heterocycles. The number of β-lactam (4-membered cyclic amide) rings is 1. The Morgan fingerprint density at radius 1 is 1.15 bits per heavy atom. The van der Waals surface area contributed by atoms with E-state index in [1.54, 1.807) is 24.3 Å². The number of aliphatic hydroxyl groups excluding tert-OH is 1. The number of halogens is 4. The van der Waals surface area contributed by atoms with Crippen molar-refractivity contribution in [3.63, 3.8) is 0 Å². The van der Waals surface area contributed by atoms with Gasteiger partial charge in [0.15, 0.2) is 16.6 Å². The Morgan fingerprint density at radius 2 is 1.85 bits per heavy atom.